The first-order valence-corrected chi connectivity index (χ1v) is 5.06. The SMILES string of the molecule is CCCC/C=C\CC[C@@]1(C)CO1. The minimum absolute atomic E-state index is 0.245. The lowest BCUT2D eigenvalue weighted by molar-refractivity contribution is 0.310. The highest BCUT2D eigenvalue weighted by molar-refractivity contribution is 4.91. The molecule has 1 rings (SSSR count). The quantitative estimate of drug-likeness (QED) is 0.337. The van der Waals surface area contributed by atoms with Crippen LogP contribution in [0, 0.1) is 0 Å². The van der Waals surface area contributed by atoms with Crippen LogP contribution in [0.5, 0.6) is 0 Å². The van der Waals surface area contributed by atoms with E-state index in [9.17, 15) is 0 Å². The zero-order valence-corrected chi connectivity index (χ0v) is 8.31. The Kier molecular flexibility index (Phi) is 3.80. The van der Waals surface area contributed by atoms with E-state index in [1.165, 1.54) is 32.1 Å². The first-order valence-electron chi connectivity index (χ1n) is 5.06. The summed E-state index contributed by atoms with van der Waals surface area (Å²) in [6.07, 6.45) is 10.8. The summed E-state index contributed by atoms with van der Waals surface area (Å²) in [7, 11) is 0. The Morgan fingerprint density at radius 2 is 2.00 bits per heavy atom. The molecule has 0 aliphatic carbocycles. The molecule has 1 heterocycles. The molecule has 0 bridgehead atoms. The monoisotopic (exact) mass is 168 g/mol. The third-order valence-electron chi connectivity index (χ3n) is 2.37. The minimum Gasteiger partial charge on any atom is -0.370 e. The van der Waals surface area contributed by atoms with E-state index in [4.69, 9.17) is 4.74 Å². The van der Waals surface area contributed by atoms with Gasteiger partial charge in [0, 0.05) is 0 Å². The molecule has 1 aliphatic heterocycles. The van der Waals surface area contributed by atoms with E-state index >= 15 is 0 Å². The van der Waals surface area contributed by atoms with Crippen molar-refractivity contribution in [1.29, 1.82) is 0 Å². The van der Waals surface area contributed by atoms with Gasteiger partial charge in [-0.05, 0) is 26.2 Å². The number of hydrogen-bond acceptors (Lipinski definition) is 1. The Balaban J connectivity index is 1.91. The first-order chi connectivity index (χ1) is 5.77. The normalized spacial score (nSPS) is 28.2. The highest BCUT2D eigenvalue weighted by atomic mass is 16.6. The van der Waals surface area contributed by atoms with Gasteiger partial charge in [-0.3, -0.25) is 0 Å². The van der Waals surface area contributed by atoms with Gasteiger partial charge in [-0.2, -0.15) is 0 Å². The molecule has 0 aromatic heterocycles. The highest BCUT2D eigenvalue weighted by Crippen LogP contribution is 2.31. The summed E-state index contributed by atoms with van der Waals surface area (Å²) in [5, 5.41) is 0. The number of ether oxygens (including phenoxy) is 1. The zero-order valence-electron chi connectivity index (χ0n) is 8.31. The largest absolute Gasteiger partial charge is 0.370 e. The molecular weight excluding hydrogens is 148 g/mol. The summed E-state index contributed by atoms with van der Waals surface area (Å²) in [4.78, 5) is 0. The van der Waals surface area contributed by atoms with Gasteiger partial charge in [0.05, 0.1) is 12.2 Å². The molecule has 1 nitrogen and oxygen atoms in total. The van der Waals surface area contributed by atoms with Gasteiger partial charge in [0.25, 0.3) is 0 Å². The van der Waals surface area contributed by atoms with Crippen molar-refractivity contribution in [1.82, 2.24) is 0 Å². The van der Waals surface area contributed by atoms with Crippen molar-refractivity contribution in [3.8, 4) is 0 Å². The Morgan fingerprint density at radius 3 is 2.58 bits per heavy atom. The minimum atomic E-state index is 0.245. The molecule has 1 fully saturated rings. The first kappa shape index (κ1) is 9.79. The Hall–Kier alpha value is -0.300. The molecule has 0 aromatic rings. The smallest absolute Gasteiger partial charge is 0.0891 e. The maximum absolute atomic E-state index is 5.29. The van der Waals surface area contributed by atoms with E-state index in [2.05, 4.69) is 26.0 Å². The molecule has 0 spiro atoms. The summed E-state index contributed by atoms with van der Waals surface area (Å²) in [6, 6.07) is 0. The van der Waals surface area contributed by atoms with Gasteiger partial charge in [-0.1, -0.05) is 31.9 Å². The zero-order chi connectivity index (χ0) is 8.86. The van der Waals surface area contributed by atoms with Gasteiger partial charge < -0.3 is 4.74 Å². The van der Waals surface area contributed by atoms with Crippen molar-refractivity contribution in [2.75, 3.05) is 6.61 Å². The summed E-state index contributed by atoms with van der Waals surface area (Å²) >= 11 is 0. The molecule has 0 unspecified atom stereocenters. The lowest BCUT2D eigenvalue weighted by Crippen LogP contribution is -2.01. The van der Waals surface area contributed by atoms with E-state index in [1.54, 1.807) is 0 Å². The third-order valence-corrected chi connectivity index (χ3v) is 2.37. The molecule has 1 heteroatoms. The average molecular weight is 168 g/mol. The van der Waals surface area contributed by atoms with Crippen LogP contribution in [0.4, 0.5) is 0 Å². The summed E-state index contributed by atoms with van der Waals surface area (Å²) < 4.78 is 5.29. The van der Waals surface area contributed by atoms with Crippen molar-refractivity contribution in [3.63, 3.8) is 0 Å². The van der Waals surface area contributed by atoms with Gasteiger partial charge in [-0.25, -0.2) is 0 Å². The lowest BCUT2D eigenvalue weighted by atomic mass is 10.1. The number of epoxide rings is 1. The summed E-state index contributed by atoms with van der Waals surface area (Å²) in [5.74, 6) is 0. The van der Waals surface area contributed by atoms with Crippen molar-refractivity contribution < 1.29 is 4.74 Å². The Morgan fingerprint density at radius 1 is 1.33 bits per heavy atom. The van der Waals surface area contributed by atoms with Crippen molar-refractivity contribution in [2.45, 2.75) is 51.6 Å². The van der Waals surface area contributed by atoms with E-state index in [0.717, 1.165) is 6.61 Å². The van der Waals surface area contributed by atoms with Crippen LogP contribution in [0.15, 0.2) is 12.2 Å². The second-order valence-electron chi connectivity index (χ2n) is 3.89. The topological polar surface area (TPSA) is 12.5 Å². The van der Waals surface area contributed by atoms with Gasteiger partial charge in [0.2, 0.25) is 0 Å². The summed E-state index contributed by atoms with van der Waals surface area (Å²) in [6.45, 7) is 5.38. The van der Waals surface area contributed by atoms with E-state index in [0.29, 0.717) is 0 Å². The van der Waals surface area contributed by atoms with Crippen LogP contribution < -0.4 is 0 Å². The van der Waals surface area contributed by atoms with Crippen LogP contribution in [-0.2, 0) is 4.74 Å². The van der Waals surface area contributed by atoms with Crippen LogP contribution in [-0.4, -0.2) is 12.2 Å². The van der Waals surface area contributed by atoms with Crippen LogP contribution in [0.25, 0.3) is 0 Å². The second kappa shape index (κ2) is 4.66. The highest BCUT2D eigenvalue weighted by Gasteiger charge is 2.37. The Labute approximate surface area is 75.8 Å². The molecule has 1 aliphatic rings. The van der Waals surface area contributed by atoms with Gasteiger partial charge in [-0.15, -0.1) is 0 Å². The van der Waals surface area contributed by atoms with Gasteiger partial charge in [0.15, 0.2) is 0 Å². The van der Waals surface area contributed by atoms with Crippen LogP contribution in [0.1, 0.15) is 46.0 Å². The van der Waals surface area contributed by atoms with Crippen LogP contribution in [0.3, 0.4) is 0 Å². The fraction of sp³-hybridized carbons (Fsp3) is 0.818. The molecule has 12 heavy (non-hydrogen) atoms. The average Bonchev–Trinajstić information content (AvgIpc) is 2.77. The Bertz CT molecular complexity index is 145. The van der Waals surface area contributed by atoms with Gasteiger partial charge in [0.1, 0.15) is 0 Å². The van der Waals surface area contributed by atoms with E-state index in [1.807, 2.05) is 0 Å². The van der Waals surface area contributed by atoms with E-state index in [-0.39, 0.29) is 5.60 Å². The number of rotatable bonds is 6. The van der Waals surface area contributed by atoms with Crippen LogP contribution in [0.2, 0.25) is 0 Å². The molecule has 0 amide bonds. The summed E-state index contributed by atoms with van der Waals surface area (Å²) in [5.41, 5.74) is 0.245. The van der Waals surface area contributed by atoms with Crippen molar-refractivity contribution in [3.05, 3.63) is 12.2 Å². The number of unbranched alkanes of at least 4 members (excludes halogenated alkanes) is 2. The van der Waals surface area contributed by atoms with E-state index < -0.39 is 0 Å². The predicted octanol–water partition coefficient (Wildman–Crippen LogP) is 3.30. The maximum Gasteiger partial charge on any atom is 0.0891 e. The molecule has 1 atom stereocenters. The molecule has 0 N–H and O–H groups in total. The molecule has 0 aromatic carbocycles. The third kappa shape index (κ3) is 3.91. The van der Waals surface area contributed by atoms with Crippen molar-refractivity contribution >= 4 is 0 Å². The van der Waals surface area contributed by atoms with Gasteiger partial charge >= 0.3 is 0 Å². The standard InChI is InChI=1S/C11H20O/c1-3-4-5-6-7-8-9-11(2)10-12-11/h6-7H,3-5,8-10H2,1-2H3/b7-6-/t11-/m0/s1. The van der Waals surface area contributed by atoms with Crippen LogP contribution >= 0.6 is 0 Å². The molecule has 1 saturated heterocycles. The predicted molar refractivity (Wildman–Crippen MR) is 52.3 cm³/mol. The fourth-order valence-electron chi connectivity index (χ4n) is 1.21. The molecule has 0 radical (unpaired) electrons. The molecule has 70 valence electrons. The lowest BCUT2D eigenvalue weighted by Gasteiger charge is -1.99. The number of hydrogen-bond donors (Lipinski definition) is 0. The second-order valence-corrected chi connectivity index (χ2v) is 3.89. The maximum atomic E-state index is 5.29. The molecular formula is C11H20O. The van der Waals surface area contributed by atoms with Crippen molar-refractivity contribution in [2.24, 2.45) is 0 Å². The fourth-order valence-corrected chi connectivity index (χ4v) is 1.21. The number of allylic oxidation sites excluding steroid dienone is 2. The molecule has 0 saturated carbocycles.